The summed E-state index contributed by atoms with van der Waals surface area (Å²) < 4.78 is 44.8. The van der Waals surface area contributed by atoms with Gasteiger partial charge in [0.05, 0.1) is 16.9 Å². The summed E-state index contributed by atoms with van der Waals surface area (Å²) in [6.45, 7) is 6.31. The number of ether oxygens (including phenoxy) is 1. The SMILES string of the molecule is CC(C)(C)CC(Oc1ccc(-c2ccc(C(F)(F)F)cc2)cc1)c1ccc(C(=O)NCCC(=O)O)s1. The van der Waals surface area contributed by atoms with Gasteiger partial charge in [-0.15, -0.1) is 11.3 Å². The Balaban J connectivity index is 1.74. The quantitative estimate of drug-likeness (QED) is 0.314. The van der Waals surface area contributed by atoms with Crippen molar-refractivity contribution in [2.45, 2.75) is 45.9 Å². The third-order valence-corrected chi connectivity index (χ3v) is 6.44. The van der Waals surface area contributed by atoms with Gasteiger partial charge in [-0.25, -0.2) is 0 Å². The molecule has 0 aliphatic carbocycles. The molecule has 5 nitrogen and oxygen atoms in total. The summed E-state index contributed by atoms with van der Waals surface area (Å²) in [5.74, 6) is -0.714. The van der Waals surface area contributed by atoms with Gasteiger partial charge in [-0.2, -0.15) is 13.2 Å². The summed E-state index contributed by atoms with van der Waals surface area (Å²) in [6.07, 6.45) is -4.18. The van der Waals surface area contributed by atoms with E-state index in [2.05, 4.69) is 26.1 Å². The van der Waals surface area contributed by atoms with Gasteiger partial charge < -0.3 is 15.2 Å². The van der Waals surface area contributed by atoms with Crippen molar-refractivity contribution in [3.05, 3.63) is 76.0 Å². The smallest absolute Gasteiger partial charge is 0.416 e. The van der Waals surface area contributed by atoms with E-state index >= 15 is 0 Å². The molecule has 0 radical (unpaired) electrons. The van der Waals surface area contributed by atoms with E-state index < -0.39 is 17.7 Å². The summed E-state index contributed by atoms with van der Waals surface area (Å²) >= 11 is 1.29. The molecule has 3 rings (SSSR count). The Bertz CT molecular complexity index is 1180. The second kappa shape index (κ2) is 11.2. The fraction of sp³-hybridized carbons (Fsp3) is 0.333. The molecule has 1 atom stereocenters. The predicted octanol–water partition coefficient (Wildman–Crippen LogP) is 7.19. The highest BCUT2D eigenvalue weighted by Gasteiger charge is 2.30. The third kappa shape index (κ3) is 7.84. The Morgan fingerprint density at radius 2 is 1.53 bits per heavy atom. The van der Waals surface area contributed by atoms with Crippen molar-refractivity contribution in [3.63, 3.8) is 0 Å². The van der Waals surface area contributed by atoms with E-state index in [-0.39, 0.29) is 30.4 Å². The molecule has 36 heavy (non-hydrogen) atoms. The number of aliphatic carboxylic acids is 1. The zero-order valence-corrected chi connectivity index (χ0v) is 21.0. The van der Waals surface area contributed by atoms with Crippen molar-refractivity contribution in [2.75, 3.05) is 6.54 Å². The van der Waals surface area contributed by atoms with Gasteiger partial charge in [0.2, 0.25) is 0 Å². The van der Waals surface area contributed by atoms with Crippen molar-refractivity contribution in [3.8, 4) is 16.9 Å². The van der Waals surface area contributed by atoms with Crippen molar-refractivity contribution < 1.29 is 32.6 Å². The van der Waals surface area contributed by atoms with Crippen LogP contribution in [0.2, 0.25) is 0 Å². The highest BCUT2D eigenvalue weighted by atomic mass is 32.1. The number of hydrogen-bond acceptors (Lipinski definition) is 4. The van der Waals surface area contributed by atoms with Gasteiger partial charge in [0.15, 0.2) is 0 Å². The van der Waals surface area contributed by atoms with E-state index in [1.807, 2.05) is 6.07 Å². The molecule has 0 saturated carbocycles. The number of benzene rings is 2. The third-order valence-electron chi connectivity index (χ3n) is 5.27. The normalized spacial score (nSPS) is 12.7. The molecular weight excluding hydrogens is 491 g/mol. The number of nitrogens with one attached hydrogen (secondary N) is 1. The van der Waals surface area contributed by atoms with Crippen molar-refractivity contribution in [1.29, 1.82) is 0 Å². The summed E-state index contributed by atoms with van der Waals surface area (Å²) in [7, 11) is 0. The molecule has 1 unspecified atom stereocenters. The lowest BCUT2D eigenvalue weighted by atomic mass is 9.88. The van der Waals surface area contributed by atoms with E-state index in [4.69, 9.17) is 9.84 Å². The first-order valence-corrected chi connectivity index (χ1v) is 12.2. The highest BCUT2D eigenvalue weighted by Crippen LogP contribution is 2.37. The molecule has 192 valence electrons. The maximum atomic E-state index is 12.8. The number of carboxylic acid groups (broad SMARTS) is 1. The molecule has 1 amide bonds. The van der Waals surface area contributed by atoms with Crippen molar-refractivity contribution in [2.24, 2.45) is 5.41 Å². The Hall–Kier alpha value is -3.33. The zero-order valence-electron chi connectivity index (χ0n) is 20.2. The summed E-state index contributed by atoms with van der Waals surface area (Å²) in [4.78, 5) is 24.3. The first-order valence-electron chi connectivity index (χ1n) is 11.4. The van der Waals surface area contributed by atoms with E-state index in [0.29, 0.717) is 22.6 Å². The first kappa shape index (κ1) is 27.3. The fourth-order valence-electron chi connectivity index (χ4n) is 3.52. The van der Waals surface area contributed by atoms with Gasteiger partial charge in [-0.3, -0.25) is 9.59 Å². The Morgan fingerprint density at radius 3 is 2.06 bits per heavy atom. The van der Waals surface area contributed by atoms with Crippen molar-refractivity contribution in [1.82, 2.24) is 5.32 Å². The second-order valence-electron chi connectivity index (χ2n) is 9.57. The van der Waals surface area contributed by atoms with Crippen LogP contribution in [0.5, 0.6) is 5.75 Å². The van der Waals surface area contributed by atoms with Crippen LogP contribution in [0.15, 0.2) is 60.7 Å². The molecule has 1 heterocycles. The number of rotatable bonds is 9. The summed E-state index contributed by atoms with van der Waals surface area (Å²) in [5.41, 5.74) is 0.665. The monoisotopic (exact) mass is 519 g/mol. The lowest BCUT2D eigenvalue weighted by molar-refractivity contribution is -0.138. The van der Waals surface area contributed by atoms with Gasteiger partial charge in [0.25, 0.3) is 5.91 Å². The minimum atomic E-state index is -4.38. The number of halogens is 3. The standard InChI is InChI=1S/C27H28F3NO4S/c1-26(2,3)16-21(22-12-13-23(36-22)25(34)31-15-14-24(32)33)35-20-10-6-18(7-11-20)17-4-8-19(9-5-17)27(28,29)30/h4-13,21H,14-16H2,1-3H3,(H,31,34)(H,32,33). The molecule has 0 fully saturated rings. The largest absolute Gasteiger partial charge is 0.485 e. The average Bonchev–Trinajstić information content (AvgIpc) is 3.28. The zero-order chi connectivity index (χ0) is 26.5. The molecule has 2 N–H and O–H groups in total. The lowest BCUT2D eigenvalue weighted by Gasteiger charge is -2.26. The lowest BCUT2D eigenvalue weighted by Crippen LogP contribution is -2.25. The molecule has 1 aromatic heterocycles. The number of thiophene rings is 1. The summed E-state index contributed by atoms with van der Waals surface area (Å²) in [6, 6.07) is 15.7. The first-order chi connectivity index (χ1) is 16.8. The molecule has 9 heteroatoms. The number of carbonyl (C=O) groups excluding carboxylic acids is 1. The van der Waals surface area contributed by atoms with Crippen LogP contribution in [-0.4, -0.2) is 23.5 Å². The van der Waals surface area contributed by atoms with Crippen LogP contribution in [0.25, 0.3) is 11.1 Å². The molecule has 3 aromatic rings. The number of carbonyl (C=O) groups is 2. The van der Waals surface area contributed by atoms with Crippen LogP contribution in [0.3, 0.4) is 0 Å². The maximum absolute atomic E-state index is 12.8. The molecule has 0 bridgehead atoms. The van der Waals surface area contributed by atoms with E-state index in [9.17, 15) is 22.8 Å². The topological polar surface area (TPSA) is 75.6 Å². The second-order valence-corrected chi connectivity index (χ2v) is 10.7. The Labute approximate surface area is 211 Å². The van der Waals surface area contributed by atoms with E-state index in [0.717, 1.165) is 22.6 Å². The minimum absolute atomic E-state index is 0.0502. The van der Waals surface area contributed by atoms with Gasteiger partial charge >= 0.3 is 12.1 Å². The summed E-state index contributed by atoms with van der Waals surface area (Å²) in [5, 5.41) is 11.3. The molecular formula is C27H28F3NO4S. The van der Waals surface area contributed by atoms with Crippen LogP contribution < -0.4 is 10.1 Å². The number of carboxylic acids is 1. The van der Waals surface area contributed by atoms with E-state index in [1.165, 1.54) is 23.5 Å². The molecule has 0 spiro atoms. The van der Waals surface area contributed by atoms with Crippen LogP contribution in [0.1, 0.15) is 59.8 Å². The Kier molecular flexibility index (Phi) is 8.45. The molecule has 0 aliphatic rings. The van der Waals surface area contributed by atoms with Gasteiger partial charge in [0, 0.05) is 11.4 Å². The number of amides is 1. The van der Waals surface area contributed by atoms with Gasteiger partial charge in [-0.05, 0) is 59.4 Å². The molecule has 0 aliphatic heterocycles. The number of hydrogen-bond donors (Lipinski definition) is 2. The fourth-order valence-corrected chi connectivity index (χ4v) is 4.47. The van der Waals surface area contributed by atoms with Crippen molar-refractivity contribution >= 4 is 23.2 Å². The van der Waals surface area contributed by atoms with Crippen LogP contribution in [0.4, 0.5) is 13.2 Å². The molecule has 2 aromatic carbocycles. The number of alkyl halides is 3. The Morgan fingerprint density at radius 1 is 0.944 bits per heavy atom. The van der Waals surface area contributed by atoms with E-state index in [1.54, 1.807) is 30.3 Å². The van der Waals surface area contributed by atoms with Gasteiger partial charge in [0.1, 0.15) is 11.9 Å². The average molecular weight is 520 g/mol. The van der Waals surface area contributed by atoms with Crippen LogP contribution in [-0.2, 0) is 11.0 Å². The maximum Gasteiger partial charge on any atom is 0.416 e. The van der Waals surface area contributed by atoms with Crippen LogP contribution >= 0.6 is 11.3 Å². The predicted molar refractivity (Wildman–Crippen MR) is 133 cm³/mol. The minimum Gasteiger partial charge on any atom is -0.485 e. The molecule has 0 saturated heterocycles. The van der Waals surface area contributed by atoms with Crippen LogP contribution in [0, 0.1) is 5.41 Å². The van der Waals surface area contributed by atoms with Gasteiger partial charge in [-0.1, -0.05) is 45.0 Å². The highest BCUT2D eigenvalue weighted by molar-refractivity contribution is 7.14.